The summed E-state index contributed by atoms with van der Waals surface area (Å²) < 4.78 is 0. The van der Waals surface area contributed by atoms with E-state index in [0.29, 0.717) is 13.0 Å². The molecule has 3 aromatic rings. The number of carbonyl (C=O) groups is 2. The second kappa shape index (κ2) is 6.34. The summed E-state index contributed by atoms with van der Waals surface area (Å²) in [6, 6.07) is 15.4. The van der Waals surface area contributed by atoms with Crippen LogP contribution in [0.3, 0.4) is 0 Å². The van der Waals surface area contributed by atoms with Crippen molar-refractivity contribution >= 4 is 28.9 Å². The summed E-state index contributed by atoms with van der Waals surface area (Å²) in [5.74, 6) is -0.200. The summed E-state index contributed by atoms with van der Waals surface area (Å²) in [6.45, 7) is 2.44. The summed E-state index contributed by atoms with van der Waals surface area (Å²) in [5.41, 5.74) is 5.25. The standard InChI is InChI=1S/C22H20N4O2/c1-14-6-8-15(9-7-14)11-23-26-13-21(27)25-12-19-17(10-20(25)22(26)28)16-4-2-3-5-18(16)24-19/h2-9,11,20,24H,10,12-13H2,1H3/b23-11-/t20-/m0/s1. The number of piperazine rings is 1. The van der Waals surface area contributed by atoms with E-state index in [0.717, 1.165) is 33.3 Å². The monoisotopic (exact) mass is 372 g/mol. The van der Waals surface area contributed by atoms with Gasteiger partial charge in [0.25, 0.3) is 5.91 Å². The van der Waals surface area contributed by atoms with Crippen LogP contribution in [0.15, 0.2) is 53.6 Å². The molecule has 1 atom stereocenters. The largest absolute Gasteiger partial charge is 0.357 e. The molecule has 0 aliphatic carbocycles. The fourth-order valence-electron chi connectivity index (χ4n) is 4.05. The van der Waals surface area contributed by atoms with E-state index in [2.05, 4.69) is 16.2 Å². The number of aryl methyl sites for hydroxylation is 1. The maximum atomic E-state index is 13.1. The van der Waals surface area contributed by atoms with Crippen molar-refractivity contribution in [2.75, 3.05) is 6.54 Å². The SMILES string of the molecule is Cc1ccc(/C=N\N2CC(=O)N3Cc4[nH]c5ccccc5c4C[C@H]3C2=O)cc1. The van der Waals surface area contributed by atoms with Gasteiger partial charge in [0.05, 0.1) is 12.8 Å². The molecule has 6 heteroatoms. The van der Waals surface area contributed by atoms with Gasteiger partial charge >= 0.3 is 0 Å². The van der Waals surface area contributed by atoms with Crippen LogP contribution in [0.25, 0.3) is 10.9 Å². The average Bonchev–Trinajstić information content (AvgIpc) is 3.07. The normalized spacial score (nSPS) is 19.4. The number of para-hydroxylation sites is 1. The smallest absolute Gasteiger partial charge is 0.266 e. The maximum absolute atomic E-state index is 13.1. The van der Waals surface area contributed by atoms with Crippen LogP contribution in [0, 0.1) is 6.92 Å². The molecule has 1 saturated heterocycles. The molecule has 0 bridgehead atoms. The number of aromatic nitrogens is 1. The number of amides is 2. The highest BCUT2D eigenvalue weighted by Crippen LogP contribution is 2.32. The zero-order valence-electron chi connectivity index (χ0n) is 15.6. The summed E-state index contributed by atoms with van der Waals surface area (Å²) in [4.78, 5) is 30.8. The highest BCUT2D eigenvalue weighted by Gasteiger charge is 2.43. The first-order valence-electron chi connectivity index (χ1n) is 9.40. The Labute approximate surface area is 162 Å². The second-order valence-electron chi connectivity index (χ2n) is 7.42. The lowest BCUT2D eigenvalue weighted by Gasteiger charge is -2.40. The Hall–Kier alpha value is -3.41. The van der Waals surface area contributed by atoms with E-state index in [1.165, 1.54) is 5.01 Å². The number of benzene rings is 2. The Bertz CT molecular complexity index is 1110. The van der Waals surface area contributed by atoms with Crippen LogP contribution >= 0.6 is 0 Å². The molecule has 3 heterocycles. The lowest BCUT2D eigenvalue weighted by Crippen LogP contribution is -2.60. The third-order valence-corrected chi connectivity index (χ3v) is 5.57. The van der Waals surface area contributed by atoms with Gasteiger partial charge < -0.3 is 9.88 Å². The lowest BCUT2D eigenvalue weighted by molar-refractivity contribution is -0.157. The Morgan fingerprint density at radius 2 is 1.86 bits per heavy atom. The first kappa shape index (κ1) is 16.7. The molecule has 1 N–H and O–H groups in total. The van der Waals surface area contributed by atoms with Gasteiger partial charge in [0, 0.05) is 23.0 Å². The minimum Gasteiger partial charge on any atom is -0.357 e. The van der Waals surface area contributed by atoms with Crippen LogP contribution in [0.4, 0.5) is 0 Å². The molecule has 0 unspecified atom stereocenters. The van der Waals surface area contributed by atoms with E-state index in [-0.39, 0.29) is 18.4 Å². The third-order valence-electron chi connectivity index (χ3n) is 5.57. The number of carbonyl (C=O) groups excluding carboxylic acids is 2. The molecular formula is C22H20N4O2. The predicted octanol–water partition coefficient (Wildman–Crippen LogP) is 2.61. The summed E-state index contributed by atoms with van der Waals surface area (Å²) >= 11 is 0. The summed E-state index contributed by atoms with van der Waals surface area (Å²) in [7, 11) is 0. The maximum Gasteiger partial charge on any atom is 0.266 e. The van der Waals surface area contributed by atoms with Crippen LogP contribution in [-0.4, -0.2) is 45.5 Å². The topological polar surface area (TPSA) is 68.8 Å². The Kier molecular flexibility index (Phi) is 3.79. The molecule has 2 aliphatic rings. The number of nitrogens with one attached hydrogen (secondary N) is 1. The van der Waals surface area contributed by atoms with E-state index in [9.17, 15) is 9.59 Å². The van der Waals surface area contributed by atoms with Crippen LogP contribution in [0.2, 0.25) is 0 Å². The van der Waals surface area contributed by atoms with Crippen molar-refractivity contribution in [1.29, 1.82) is 0 Å². The third kappa shape index (κ3) is 2.69. The number of fused-ring (bicyclic) bond motifs is 4. The van der Waals surface area contributed by atoms with E-state index in [4.69, 9.17) is 0 Å². The molecule has 2 aromatic carbocycles. The van der Waals surface area contributed by atoms with Gasteiger partial charge in [0.1, 0.15) is 12.6 Å². The van der Waals surface area contributed by atoms with Crippen molar-refractivity contribution in [1.82, 2.24) is 14.9 Å². The highest BCUT2D eigenvalue weighted by atomic mass is 16.2. The lowest BCUT2D eigenvalue weighted by atomic mass is 9.94. The second-order valence-corrected chi connectivity index (χ2v) is 7.42. The van der Waals surface area contributed by atoms with Gasteiger partial charge in [-0.15, -0.1) is 0 Å². The molecule has 0 saturated carbocycles. The van der Waals surface area contributed by atoms with Crippen molar-refractivity contribution in [3.05, 3.63) is 70.9 Å². The quantitative estimate of drug-likeness (QED) is 0.703. The Balaban J connectivity index is 1.44. The highest BCUT2D eigenvalue weighted by molar-refractivity contribution is 5.97. The Morgan fingerprint density at radius 1 is 1.07 bits per heavy atom. The molecule has 2 aliphatic heterocycles. The molecule has 1 fully saturated rings. The number of H-pyrrole nitrogens is 1. The van der Waals surface area contributed by atoms with Crippen molar-refractivity contribution < 1.29 is 9.59 Å². The van der Waals surface area contributed by atoms with Gasteiger partial charge in [-0.1, -0.05) is 48.0 Å². The van der Waals surface area contributed by atoms with Crippen LogP contribution in [0.5, 0.6) is 0 Å². The molecular weight excluding hydrogens is 352 g/mol. The van der Waals surface area contributed by atoms with E-state index < -0.39 is 6.04 Å². The first-order chi connectivity index (χ1) is 13.6. The van der Waals surface area contributed by atoms with Crippen molar-refractivity contribution in [2.24, 2.45) is 5.10 Å². The molecule has 2 amide bonds. The zero-order chi connectivity index (χ0) is 19.3. The van der Waals surface area contributed by atoms with Crippen molar-refractivity contribution in [3.63, 3.8) is 0 Å². The summed E-state index contributed by atoms with van der Waals surface area (Å²) in [5, 5.41) is 6.75. The molecule has 5 rings (SSSR count). The number of hydrazone groups is 1. The molecule has 0 spiro atoms. The number of hydrogen-bond acceptors (Lipinski definition) is 3. The minimum absolute atomic E-state index is 0.0206. The van der Waals surface area contributed by atoms with Gasteiger partial charge in [-0.3, -0.25) is 9.59 Å². The number of rotatable bonds is 2. The predicted molar refractivity (Wildman–Crippen MR) is 107 cm³/mol. The van der Waals surface area contributed by atoms with Gasteiger partial charge in [-0.2, -0.15) is 5.10 Å². The molecule has 0 radical (unpaired) electrons. The zero-order valence-corrected chi connectivity index (χ0v) is 15.6. The van der Waals surface area contributed by atoms with E-state index in [1.54, 1.807) is 11.1 Å². The molecule has 28 heavy (non-hydrogen) atoms. The van der Waals surface area contributed by atoms with Gasteiger partial charge in [-0.25, -0.2) is 5.01 Å². The fourth-order valence-corrected chi connectivity index (χ4v) is 4.05. The number of hydrogen-bond donors (Lipinski definition) is 1. The van der Waals surface area contributed by atoms with Crippen LogP contribution in [0.1, 0.15) is 22.4 Å². The van der Waals surface area contributed by atoms with Crippen molar-refractivity contribution in [2.45, 2.75) is 25.9 Å². The average molecular weight is 372 g/mol. The molecule has 140 valence electrons. The molecule has 6 nitrogen and oxygen atoms in total. The van der Waals surface area contributed by atoms with Gasteiger partial charge in [0.15, 0.2) is 0 Å². The fraction of sp³-hybridized carbons (Fsp3) is 0.227. The molecule has 1 aromatic heterocycles. The Morgan fingerprint density at radius 3 is 2.68 bits per heavy atom. The van der Waals surface area contributed by atoms with E-state index in [1.807, 2.05) is 49.4 Å². The first-order valence-corrected chi connectivity index (χ1v) is 9.40. The number of nitrogens with zero attached hydrogens (tertiary/aromatic N) is 3. The van der Waals surface area contributed by atoms with Crippen LogP contribution in [-0.2, 0) is 22.6 Å². The van der Waals surface area contributed by atoms with Gasteiger partial charge in [-0.05, 0) is 24.1 Å². The van der Waals surface area contributed by atoms with Gasteiger partial charge in [0.2, 0.25) is 5.91 Å². The minimum atomic E-state index is -0.497. The van der Waals surface area contributed by atoms with Crippen molar-refractivity contribution in [3.8, 4) is 0 Å². The van der Waals surface area contributed by atoms with Crippen LogP contribution < -0.4 is 0 Å². The summed E-state index contributed by atoms with van der Waals surface area (Å²) in [6.07, 6.45) is 2.15. The van der Waals surface area contributed by atoms with E-state index >= 15 is 0 Å². The number of aromatic amines is 1.